The molecule has 4 saturated carbocycles. The number of hydrogen-bond donors (Lipinski definition) is 3. The van der Waals surface area contributed by atoms with Gasteiger partial charge in [0.05, 0.1) is 17.1 Å². The molecular weight excluding hydrogens is 282 g/mol. The van der Waals surface area contributed by atoms with Gasteiger partial charge in [-0.3, -0.25) is 0 Å². The summed E-state index contributed by atoms with van der Waals surface area (Å²) in [4.78, 5) is 0. The van der Waals surface area contributed by atoms with Crippen molar-refractivity contribution in [2.75, 3.05) is 0 Å². The number of rotatable bonds is 1. The molecule has 0 aromatic heterocycles. The molecule has 114 valence electrons. The molecule has 5 rings (SSSR count). The van der Waals surface area contributed by atoms with Crippen molar-refractivity contribution in [3.63, 3.8) is 0 Å². The van der Waals surface area contributed by atoms with Crippen LogP contribution in [0.1, 0.15) is 24.8 Å². The third kappa shape index (κ3) is 1.47. The molecule has 6 nitrogen and oxygen atoms in total. The van der Waals surface area contributed by atoms with Crippen LogP contribution >= 0.6 is 0 Å². The van der Waals surface area contributed by atoms with Gasteiger partial charge in [0, 0.05) is 23.2 Å². The van der Waals surface area contributed by atoms with Gasteiger partial charge in [-0.25, -0.2) is 0 Å². The Labute approximate surface area is 127 Å². The summed E-state index contributed by atoms with van der Waals surface area (Å²) in [6, 6.07) is 10.0. The van der Waals surface area contributed by atoms with Crippen LogP contribution in [0.2, 0.25) is 0 Å². The molecule has 4 aliphatic carbocycles. The lowest BCUT2D eigenvalue weighted by molar-refractivity contribution is 0.231. The minimum absolute atomic E-state index is 0.130. The molecule has 0 radical (unpaired) electrons. The van der Waals surface area contributed by atoms with E-state index in [9.17, 15) is 15.6 Å². The third-order valence-electron chi connectivity index (χ3n) is 5.64. The molecule has 22 heavy (non-hydrogen) atoms. The summed E-state index contributed by atoms with van der Waals surface area (Å²) in [5.74, 6) is -0.235. The van der Waals surface area contributed by atoms with Crippen molar-refractivity contribution in [1.29, 1.82) is 0 Å². The molecule has 0 heterocycles. The topological polar surface area (TPSA) is 97.8 Å². The average molecular weight is 299 g/mol. The lowest BCUT2D eigenvalue weighted by Crippen LogP contribution is -2.63. The summed E-state index contributed by atoms with van der Waals surface area (Å²) in [5.41, 5.74) is 2.68. The van der Waals surface area contributed by atoms with Crippen molar-refractivity contribution in [2.24, 2.45) is 33.2 Å². The SMILES string of the molecule is ON=C1C2CC3C(=NO)C1CC(c1ccccc1)(C2)C3=NO. The van der Waals surface area contributed by atoms with Gasteiger partial charge < -0.3 is 15.6 Å². The predicted molar refractivity (Wildman–Crippen MR) is 80.1 cm³/mol. The Kier molecular flexibility index (Phi) is 2.76. The van der Waals surface area contributed by atoms with E-state index >= 15 is 0 Å². The first kappa shape index (κ1) is 13.3. The van der Waals surface area contributed by atoms with E-state index in [1.54, 1.807) is 0 Å². The number of benzene rings is 1. The van der Waals surface area contributed by atoms with Crippen molar-refractivity contribution in [2.45, 2.75) is 24.7 Å². The van der Waals surface area contributed by atoms with E-state index in [0.717, 1.165) is 12.0 Å². The second-order valence-electron chi connectivity index (χ2n) is 6.43. The maximum absolute atomic E-state index is 9.63. The predicted octanol–water partition coefficient (Wildman–Crippen LogP) is 2.47. The maximum atomic E-state index is 9.63. The summed E-state index contributed by atoms with van der Waals surface area (Å²) in [7, 11) is 0. The summed E-state index contributed by atoms with van der Waals surface area (Å²) >= 11 is 0. The van der Waals surface area contributed by atoms with Crippen LogP contribution in [0, 0.1) is 17.8 Å². The lowest BCUT2D eigenvalue weighted by atomic mass is 9.45. The lowest BCUT2D eigenvalue weighted by Gasteiger charge is -2.56. The van der Waals surface area contributed by atoms with E-state index in [1.807, 2.05) is 30.3 Å². The Morgan fingerprint density at radius 3 is 2.23 bits per heavy atom. The molecule has 4 aliphatic rings. The fourth-order valence-electron chi connectivity index (χ4n) is 4.85. The standard InChI is InChI=1S/C16H17N3O3/c20-17-13-9-6-11-14(18-21)12(13)8-16(7-9,15(11)19-22)10-4-2-1-3-5-10/h1-5,9,11-12,20-22H,6-8H2. The van der Waals surface area contributed by atoms with Crippen molar-refractivity contribution < 1.29 is 15.6 Å². The van der Waals surface area contributed by atoms with E-state index < -0.39 is 0 Å². The van der Waals surface area contributed by atoms with Gasteiger partial charge in [-0.1, -0.05) is 45.8 Å². The first-order valence-corrected chi connectivity index (χ1v) is 7.46. The monoisotopic (exact) mass is 299 g/mol. The van der Waals surface area contributed by atoms with Crippen LogP contribution in [-0.4, -0.2) is 32.8 Å². The van der Waals surface area contributed by atoms with Crippen molar-refractivity contribution in [3.8, 4) is 0 Å². The van der Waals surface area contributed by atoms with Crippen LogP contribution < -0.4 is 0 Å². The van der Waals surface area contributed by atoms with Gasteiger partial charge in [0.1, 0.15) is 0 Å². The fraction of sp³-hybridized carbons (Fsp3) is 0.438. The van der Waals surface area contributed by atoms with E-state index in [0.29, 0.717) is 30.0 Å². The summed E-state index contributed by atoms with van der Waals surface area (Å²) in [6.07, 6.45) is 2.05. The first-order chi connectivity index (χ1) is 10.7. The van der Waals surface area contributed by atoms with Gasteiger partial charge in [-0.15, -0.1) is 0 Å². The molecule has 4 unspecified atom stereocenters. The number of nitrogens with zero attached hydrogens (tertiary/aromatic N) is 3. The van der Waals surface area contributed by atoms with Gasteiger partial charge in [0.15, 0.2) is 0 Å². The van der Waals surface area contributed by atoms with E-state index in [2.05, 4.69) is 15.5 Å². The molecule has 0 amide bonds. The van der Waals surface area contributed by atoms with E-state index in [-0.39, 0.29) is 23.2 Å². The Hall–Kier alpha value is -2.37. The zero-order chi connectivity index (χ0) is 15.3. The van der Waals surface area contributed by atoms with Crippen molar-refractivity contribution >= 4 is 17.1 Å². The first-order valence-electron chi connectivity index (χ1n) is 7.46. The average Bonchev–Trinajstić information content (AvgIpc) is 2.56. The molecule has 4 atom stereocenters. The van der Waals surface area contributed by atoms with Crippen LogP contribution in [-0.2, 0) is 5.41 Å². The zero-order valence-corrected chi connectivity index (χ0v) is 11.9. The zero-order valence-electron chi connectivity index (χ0n) is 11.9. The van der Waals surface area contributed by atoms with Crippen LogP contribution in [0.25, 0.3) is 0 Å². The molecule has 6 heteroatoms. The van der Waals surface area contributed by atoms with Gasteiger partial charge in [0.25, 0.3) is 0 Å². The number of hydrogen-bond acceptors (Lipinski definition) is 6. The minimum atomic E-state index is -0.364. The summed E-state index contributed by atoms with van der Waals surface area (Å²) in [5, 5.41) is 38.9. The molecule has 3 N–H and O–H groups in total. The van der Waals surface area contributed by atoms with E-state index in [1.165, 1.54) is 0 Å². The molecule has 0 saturated heterocycles. The smallest absolute Gasteiger partial charge is 0.0765 e. The molecule has 4 bridgehead atoms. The molecular formula is C16H17N3O3. The van der Waals surface area contributed by atoms with Gasteiger partial charge in [-0.2, -0.15) is 0 Å². The summed E-state index contributed by atoms with van der Waals surface area (Å²) in [6.45, 7) is 0. The van der Waals surface area contributed by atoms with E-state index in [4.69, 9.17) is 0 Å². The Morgan fingerprint density at radius 2 is 1.59 bits per heavy atom. The largest absolute Gasteiger partial charge is 0.411 e. The van der Waals surface area contributed by atoms with Crippen LogP contribution in [0.3, 0.4) is 0 Å². The maximum Gasteiger partial charge on any atom is 0.0765 e. The molecule has 1 aromatic rings. The van der Waals surface area contributed by atoms with Crippen molar-refractivity contribution in [1.82, 2.24) is 0 Å². The van der Waals surface area contributed by atoms with Crippen molar-refractivity contribution in [3.05, 3.63) is 35.9 Å². The third-order valence-corrected chi connectivity index (χ3v) is 5.64. The Bertz CT molecular complexity index is 694. The van der Waals surface area contributed by atoms with Crippen LogP contribution in [0.15, 0.2) is 45.8 Å². The van der Waals surface area contributed by atoms with Gasteiger partial charge in [0.2, 0.25) is 0 Å². The minimum Gasteiger partial charge on any atom is -0.411 e. The summed E-state index contributed by atoms with van der Waals surface area (Å²) < 4.78 is 0. The Morgan fingerprint density at radius 1 is 0.864 bits per heavy atom. The molecule has 0 spiro atoms. The molecule has 4 fully saturated rings. The Balaban J connectivity index is 1.92. The molecule has 0 aliphatic heterocycles. The highest BCUT2D eigenvalue weighted by molar-refractivity contribution is 6.25. The second-order valence-corrected chi connectivity index (χ2v) is 6.43. The van der Waals surface area contributed by atoms with Crippen LogP contribution in [0.5, 0.6) is 0 Å². The highest BCUT2D eigenvalue weighted by atomic mass is 16.4. The fourth-order valence-corrected chi connectivity index (χ4v) is 4.85. The van der Waals surface area contributed by atoms with Gasteiger partial charge >= 0.3 is 0 Å². The highest BCUT2D eigenvalue weighted by Gasteiger charge is 2.62. The highest BCUT2D eigenvalue weighted by Crippen LogP contribution is 2.57. The number of oxime groups is 3. The molecule has 1 aromatic carbocycles. The van der Waals surface area contributed by atoms with Gasteiger partial charge in [-0.05, 0) is 24.8 Å². The van der Waals surface area contributed by atoms with Crippen LogP contribution in [0.4, 0.5) is 0 Å². The normalized spacial score (nSPS) is 41.6. The second kappa shape index (κ2) is 4.56. The quantitative estimate of drug-likeness (QED) is 0.549.